The molecule has 0 aromatic heterocycles. The molecule has 2 aliphatic rings. The number of carboxylic acids is 1. The molecule has 2 saturated heterocycles. The molecule has 21 heavy (non-hydrogen) atoms. The van der Waals surface area contributed by atoms with Crippen molar-refractivity contribution in [3.8, 4) is 0 Å². The molecule has 0 aromatic carbocycles. The first-order valence-electron chi connectivity index (χ1n) is 7.00. The Kier molecular flexibility index (Phi) is 5.00. The normalized spacial score (nSPS) is 25.3. The van der Waals surface area contributed by atoms with Gasteiger partial charge in [0.1, 0.15) is 6.04 Å². The Morgan fingerprint density at radius 3 is 2.48 bits per heavy atom. The predicted octanol–water partition coefficient (Wildman–Crippen LogP) is -0.0344. The third-order valence-corrected chi connectivity index (χ3v) is 3.79. The van der Waals surface area contributed by atoms with Gasteiger partial charge in [-0.05, 0) is 19.3 Å². The summed E-state index contributed by atoms with van der Waals surface area (Å²) in [6.45, 7) is 0.956. The highest BCUT2D eigenvalue weighted by Gasteiger charge is 2.36. The van der Waals surface area contributed by atoms with Crippen molar-refractivity contribution in [1.29, 1.82) is 0 Å². The van der Waals surface area contributed by atoms with Gasteiger partial charge in [0, 0.05) is 19.5 Å². The molecular formula is C13H20N2O6. The molecule has 3 atom stereocenters. The lowest BCUT2D eigenvalue weighted by Crippen LogP contribution is -2.53. The molecule has 2 aliphatic heterocycles. The van der Waals surface area contributed by atoms with Crippen LogP contribution in [0.5, 0.6) is 0 Å². The van der Waals surface area contributed by atoms with Crippen LogP contribution in [0.15, 0.2) is 0 Å². The van der Waals surface area contributed by atoms with Crippen molar-refractivity contribution < 1.29 is 29.0 Å². The van der Waals surface area contributed by atoms with E-state index in [2.05, 4.69) is 10.1 Å². The number of esters is 1. The van der Waals surface area contributed by atoms with Crippen LogP contribution < -0.4 is 5.32 Å². The van der Waals surface area contributed by atoms with Crippen LogP contribution in [0.1, 0.15) is 25.7 Å². The van der Waals surface area contributed by atoms with Crippen molar-refractivity contribution in [3.05, 3.63) is 0 Å². The predicted molar refractivity (Wildman–Crippen MR) is 70.7 cm³/mol. The van der Waals surface area contributed by atoms with Crippen LogP contribution in [0.25, 0.3) is 0 Å². The van der Waals surface area contributed by atoms with Crippen molar-refractivity contribution in [1.82, 2.24) is 10.2 Å². The molecule has 2 unspecified atom stereocenters. The van der Waals surface area contributed by atoms with E-state index in [1.165, 1.54) is 7.11 Å². The topological polar surface area (TPSA) is 105 Å². The maximum absolute atomic E-state index is 12.1. The highest BCUT2D eigenvalue weighted by atomic mass is 16.5. The molecule has 2 N–H and O–H groups in total. The first kappa shape index (κ1) is 15.6. The Morgan fingerprint density at radius 1 is 1.33 bits per heavy atom. The van der Waals surface area contributed by atoms with Crippen molar-refractivity contribution in [2.24, 2.45) is 0 Å². The summed E-state index contributed by atoms with van der Waals surface area (Å²) in [6.07, 6.45) is 1.91. The molecule has 0 radical (unpaired) electrons. The van der Waals surface area contributed by atoms with Gasteiger partial charge >= 0.3 is 18.0 Å². The third-order valence-electron chi connectivity index (χ3n) is 3.79. The number of carbonyl (C=O) groups excluding carboxylic acids is 2. The zero-order valence-corrected chi connectivity index (χ0v) is 11.9. The fraction of sp³-hybridized carbons (Fsp3) is 0.769. The number of nitrogens with zero attached hydrogens (tertiary/aromatic N) is 1. The van der Waals surface area contributed by atoms with Crippen molar-refractivity contribution in [2.75, 3.05) is 20.2 Å². The number of nitrogens with one attached hydrogen (secondary N) is 1. The lowest BCUT2D eigenvalue weighted by Gasteiger charge is -2.32. The van der Waals surface area contributed by atoms with E-state index in [-0.39, 0.29) is 25.0 Å². The highest BCUT2D eigenvalue weighted by Crippen LogP contribution is 2.26. The Bertz CT molecular complexity index is 415. The fourth-order valence-electron chi connectivity index (χ4n) is 2.64. The van der Waals surface area contributed by atoms with E-state index in [9.17, 15) is 14.4 Å². The van der Waals surface area contributed by atoms with Crippen LogP contribution in [-0.4, -0.2) is 66.4 Å². The molecular weight excluding hydrogens is 280 g/mol. The summed E-state index contributed by atoms with van der Waals surface area (Å²) in [6, 6.07) is -1.52. The Hall–Kier alpha value is -1.83. The van der Waals surface area contributed by atoms with Gasteiger partial charge in [-0.2, -0.15) is 0 Å². The number of likely N-dealkylation sites (tertiary alicyclic amines) is 1. The van der Waals surface area contributed by atoms with E-state index in [0.717, 1.165) is 12.8 Å². The number of aliphatic carboxylic acids is 1. The summed E-state index contributed by atoms with van der Waals surface area (Å²) in [5, 5.41) is 11.6. The Labute approximate surface area is 122 Å². The molecule has 2 bridgehead atoms. The number of urea groups is 1. The van der Waals surface area contributed by atoms with E-state index in [1.54, 1.807) is 4.90 Å². The van der Waals surface area contributed by atoms with E-state index in [1.807, 2.05) is 0 Å². The second-order valence-corrected chi connectivity index (χ2v) is 5.32. The molecule has 0 aliphatic carbocycles. The van der Waals surface area contributed by atoms with Gasteiger partial charge in [-0.3, -0.25) is 4.79 Å². The first-order valence-corrected chi connectivity index (χ1v) is 7.00. The quantitative estimate of drug-likeness (QED) is 0.691. The van der Waals surface area contributed by atoms with Gasteiger partial charge in [0.05, 0.1) is 19.3 Å². The summed E-state index contributed by atoms with van der Waals surface area (Å²) >= 11 is 0. The van der Waals surface area contributed by atoms with Crippen molar-refractivity contribution in [2.45, 2.75) is 43.9 Å². The van der Waals surface area contributed by atoms with Crippen LogP contribution in [0.4, 0.5) is 4.79 Å². The maximum Gasteiger partial charge on any atom is 0.326 e. The van der Waals surface area contributed by atoms with Crippen molar-refractivity contribution >= 4 is 18.0 Å². The average molecular weight is 300 g/mol. The molecule has 0 spiro atoms. The second-order valence-electron chi connectivity index (χ2n) is 5.32. The molecule has 2 heterocycles. The molecule has 8 nitrogen and oxygen atoms in total. The van der Waals surface area contributed by atoms with E-state index >= 15 is 0 Å². The number of fused-ring (bicyclic) bond motifs is 2. The minimum Gasteiger partial charge on any atom is -0.480 e. The van der Waals surface area contributed by atoms with Crippen LogP contribution in [-0.2, 0) is 19.1 Å². The molecule has 2 rings (SSSR count). The molecule has 0 saturated carbocycles. The van der Waals surface area contributed by atoms with Gasteiger partial charge in [0.15, 0.2) is 0 Å². The number of ether oxygens (including phenoxy) is 2. The van der Waals surface area contributed by atoms with Gasteiger partial charge in [0.25, 0.3) is 0 Å². The summed E-state index contributed by atoms with van der Waals surface area (Å²) in [7, 11) is 1.24. The van der Waals surface area contributed by atoms with Crippen LogP contribution in [0.3, 0.4) is 0 Å². The summed E-state index contributed by atoms with van der Waals surface area (Å²) < 4.78 is 10.1. The number of carboxylic acid groups (broad SMARTS) is 1. The molecule has 2 fully saturated rings. The van der Waals surface area contributed by atoms with Crippen LogP contribution in [0, 0.1) is 0 Å². The second kappa shape index (κ2) is 6.75. The zero-order valence-electron chi connectivity index (χ0n) is 11.9. The number of carbonyl (C=O) groups is 3. The number of morpholine rings is 1. The highest BCUT2D eigenvalue weighted by molar-refractivity contribution is 5.83. The SMILES string of the molecule is COC(=O)CC[C@@H](NC(=O)N1CC2CCC(C1)O2)C(=O)O. The molecule has 0 aromatic rings. The minimum atomic E-state index is -1.16. The summed E-state index contributed by atoms with van der Waals surface area (Å²) in [5.41, 5.74) is 0. The minimum absolute atomic E-state index is 0.00490. The van der Waals surface area contributed by atoms with Gasteiger partial charge in [-0.15, -0.1) is 0 Å². The average Bonchev–Trinajstić information content (AvgIpc) is 2.80. The van der Waals surface area contributed by atoms with Crippen molar-refractivity contribution in [3.63, 3.8) is 0 Å². The van der Waals surface area contributed by atoms with Crippen LogP contribution >= 0.6 is 0 Å². The lowest BCUT2D eigenvalue weighted by atomic mass is 10.1. The largest absolute Gasteiger partial charge is 0.480 e. The number of methoxy groups -OCH3 is 1. The zero-order chi connectivity index (χ0) is 15.4. The number of hydrogen-bond donors (Lipinski definition) is 2. The first-order chi connectivity index (χ1) is 9.99. The van der Waals surface area contributed by atoms with E-state index in [4.69, 9.17) is 9.84 Å². The monoisotopic (exact) mass is 300 g/mol. The summed E-state index contributed by atoms with van der Waals surface area (Å²) in [4.78, 5) is 35.9. The Balaban J connectivity index is 1.86. The standard InChI is InChI=1S/C13H20N2O6/c1-20-11(16)5-4-10(12(17)18)14-13(19)15-6-8-2-3-9(7-15)21-8/h8-10H,2-7H2,1H3,(H,14,19)(H,17,18)/t8?,9?,10-/m1/s1. The number of rotatable bonds is 5. The fourth-order valence-corrected chi connectivity index (χ4v) is 2.64. The summed E-state index contributed by atoms with van der Waals surface area (Å²) in [5.74, 6) is -1.66. The number of hydrogen-bond acceptors (Lipinski definition) is 5. The maximum atomic E-state index is 12.1. The smallest absolute Gasteiger partial charge is 0.326 e. The van der Waals surface area contributed by atoms with E-state index < -0.39 is 24.0 Å². The van der Waals surface area contributed by atoms with Gasteiger partial charge < -0.3 is 24.8 Å². The van der Waals surface area contributed by atoms with Gasteiger partial charge in [0.2, 0.25) is 0 Å². The van der Waals surface area contributed by atoms with Crippen LogP contribution in [0.2, 0.25) is 0 Å². The molecule has 118 valence electrons. The van der Waals surface area contributed by atoms with Gasteiger partial charge in [-0.1, -0.05) is 0 Å². The Morgan fingerprint density at radius 2 is 1.95 bits per heavy atom. The van der Waals surface area contributed by atoms with E-state index in [0.29, 0.717) is 13.1 Å². The number of amides is 2. The molecule has 2 amide bonds. The lowest BCUT2D eigenvalue weighted by molar-refractivity contribution is -0.142. The van der Waals surface area contributed by atoms with Gasteiger partial charge in [-0.25, -0.2) is 9.59 Å². The third kappa shape index (κ3) is 4.07. The molecule has 8 heteroatoms.